The van der Waals surface area contributed by atoms with Crippen molar-refractivity contribution >= 4 is 39.2 Å². The van der Waals surface area contributed by atoms with Crippen molar-refractivity contribution in [2.45, 2.75) is 26.4 Å². The normalized spacial score (nSPS) is 11.5. The summed E-state index contributed by atoms with van der Waals surface area (Å²) in [6.45, 7) is 5.35. The molecule has 0 aliphatic heterocycles. The molecule has 0 unspecified atom stereocenters. The van der Waals surface area contributed by atoms with Gasteiger partial charge in [0.2, 0.25) is 0 Å². The summed E-state index contributed by atoms with van der Waals surface area (Å²) in [5.41, 5.74) is 0.872. The number of carbonyl (C=O) groups is 1. The van der Waals surface area contributed by atoms with E-state index in [1.807, 2.05) is 0 Å². The Morgan fingerprint density at radius 1 is 1.16 bits per heavy atom. The number of hydrogen-bond donors (Lipinski definition) is 0. The Hall–Kier alpha value is -3.33. The van der Waals surface area contributed by atoms with Gasteiger partial charge in [-0.3, -0.25) is 4.98 Å². The van der Waals surface area contributed by atoms with E-state index in [1.54, 1.807) is 75.8 Å². The number of rotatable bonds is 3. The quantitative estimate of drug-likeness (QED) is 0.370. The molecule has 1 aromatic carbocycles. The average molecular weight is 484 g/mol. The van der Waals surface area contributed by atoms with Crippen LogP contribution >= 0.6 is 15.9 Å². The predicted octanol–water partition coefficient (Wildman–Crippen LogP) is 5.77. The minimum Gasteiger partial charge on any atom is -0.443 e. The number of nitrogens with zero attached hydrogens (tertiary/aromatic N) is 5. The SMILES string of the molecule is CC(C)(C)OC(=O)N(c1ccncc1)c1cc(-c2ccccc2F)nc2c(Br)cnn12. The van der Waals surface area contributed by atoms with Gasteiger partial charge in [0.1, 0.15) is 17.2 Å². The van der Waals surface area contributed by atoms with Crippen molar-refractivity contribution in [1.82, 2.24) is 19.6 Å². The van der Waals surface area contributed by atoms with Gasteiger partial charge in [0.05, 0.1) is 22.1 Å². The maximum absolute atomic E-state index is 14.6. The van der Waals surface area contributed by atoms with E-state index in [2.05, 4.69) is 31.0 Å². The summed E-state index contributed by atoms with van der Waals surface area (Å²) in [6.07, 6.45) is 4.10. The monoisotopic (exact) mass is 483 g/mol. The molecule has 0 N–H and O–H groups in total. The van der Waals surface area contributed by atoms with E-state index in [0.29, 0.717) is 32.9 Å². The van der Waals surface area contributed by atoms with Gasteiger partial charge < -0.3 is 4.74 Å². The molecule has 7 nitrogen and oxygen atoms in total. The molecule has 31 heavy (non-hydrogen) atoms. The summed E-state index contributed by atoms with van der Waals surface area (Å²) in [4.78, 5) is 23.2. The molecule has 4 rings (SSSR count). The second-order valence-corrected chi connectivity index (χ2v) is 8.58. The zero-order valence-electron chi connectivity index (χ0n) is 17.1. The molecule has 0 radical (unpaired) electrons. The smallest absolute Gasteiger partial charge is 0.420 e. The lowest BCUT2D eigenvalue weighted by Gasteiger charge is -2.27. The van der Waals surface area contributed by atoms with E-state index >= 15 is 0 Å². The number of carbonyl (C=O) groups excluding carboxylic acids is 1. The molecule has 1 amide bonds. The lowest BCUT2D eigenvalue weighted by Crippen LogP contribution is -2.35. The van der Waals surface area contributed by atoms with Crippen molar-refractivity contribution in [2.24, 2.45) is 0 Å². The van der Waals surface area contributed by atoms with Crippen LogP contribution in [0.3, 0.4) is 0 Å². The van der Waals surface area contributed by atoms with E-state index in [9.17, 15) is 9.18 Å². The molecule has 0 atom stereocenters. The van der Waals surface area contributed by atoms with Crippen LogP contribution in [-0.4, -0.2) is 31.3 Å². The lowest BCUT2D eigenvalue weighted by molar-refractivity contribution is 0.0597. The van der Waals surface area contributed by atoms with E-state index in [1.165, 1.54) is 15.5 Å². The highest BCUT2D eigenvalue weighted by Crippen LogP contribution is 2.33. The van der Waals surface area contributed by atoms with Gasteiger partial charge in [0.15, 0.2) is 5.65 Å². The fraction of sp³-hybridized carbons (Fsp3) is 0.182. The third-order valence-corrected chi connectivity index (χ3v) is 4.85. The third kappa shape index (κ3) is 4.27. The molecule has 0 bridgehead atoms. The molecule has 0 spiro atoms. The molecule has 0 fully saturated rings. The van der Waals surface area contributed by atoms with Gasteiger partial charge in [-0.25, -0.2) is 19.1 Å². The maximum atomic E-state index is 14.6. The number of ether oxygens (including phenoxy) is 1. The first-order chi connectivity index (χ1) is 14.7. The number of pyridine rings is 1. The Morgan fingerprint density at radius 3 is 2.55 bits per heavy atom. The van der Waals surface area contributed by atoms with Crippen LogP contribution in [-0.2, 0) is 4.74 Å². The molecular formula is C22H19BrFN5O2. The number of amides is 1. The number of benzene rings is 1. The van der Waals surface area contributed by atoms with Crippen LogP contribution < -0.4 is 4.90 Å². The Morgan fingerprint density at radius 2 is 1.87 bits per heavy atom. The van der Waals surface area contributed by atoms with Gasteiger partial charge in [-0.15, -0.1) is 0 Å². The zero-order valence-corrected chi connectivity index (χ0v) is 18.7. The highest BCUT2D eigenvalue weighted by Gasteiger charge is 2.28. The number of anilines is 2. The zero-order chi connectivity index (χ0) is 22.2. The summed E-state index contributed by atoms with van der Waals surface area (Å²) < 4.78 is 22.3. The van der Waals surface area contributed by atoms with Gasteiger partial charge in [-0.05, 0) is 61.0 Å². The van der Waals surface area contributed by atoms with Crippen LogP contribution in [0.25, 0.3) is 16.9 Å². The van der Waals surface area contributed by atoms with Crippen molar-refractivity contribution in [1.29, 1.82) is 0 Å². The lowest BCUT2D eigenvalue weighted by atomic mass is 10.1. The molecule has 3 heterocycles. The summed E-state index contributed by atoms with van der Waals surface area (Å²) in [5.74, 6) is -0.0805. The molecular weight excluding hydrogens is 465 g/mol. The summed E-state index contributed by atoms with van der Waals surface area (Å²) >= 11 is 3.43. The van der Waals surface area contributed by atoms with E-state index < -0.39 is 17.5 Å². The fourth-order valence-electron chi connectivity index (χ4n) is 3.02. The van der Waals surface area contributed by atoms with Gasteiger partial charge in [-0.2, -0.15) is 9.61 Å². The van der Waals surface area contributed by atoms with Crippen molar-refractivity contribution in [3.63, 3.8) is 0 Å². The first kappa shape index (κ1) is 20.9. The van der Waals surface area contributed by atoms with Crippen LogP contribution in [0.4, 0.5) is 20.7 Å². The van der Waals surface area contributed by atoms with Crippen LogP contribution in [0.2, 0.25) is 0 Å². The Labute approximate surface area is 186 Å². The van der Waals surface area contributed by atoms with Crippen LogP contribution in [0, 0.1) is 5.82 Å². The van der Waals surface area contributed by atoms with Crippen LogP contribution in [0.15, 0.2) is 65.5 Å². The summed E-state index contributed by atoms with van der Waals surface area (Å²) in [5, 5.41) is 4.35. The highest BCUT2D eigenvalue weighted by molar-refractivity contribution is 9.10. The molecule has 3 aromatic heterocycles. The first-order valence-electron chi connectivity index (χ1n) is 9.47. The van der Waals surface area contributed by atoms with Gasteiger partial charge in [-0.1, -0.05) is 12.1 Å². The first-order valence-corrected chi connectivity index (χ1v) is 10.3. The Balaban J connectivity index is 1.98. The van der Waals surface area contributed by atoms with E-state index in [4.69, 9.17) is 4.74 Å². The second-order valence-electron chi connectivity index (χ2n) is 7.73. The molecule has 0 saturated carbocycles. The number of fused-ring (bicyclic) bond motifs is 1. The highest BCUT2D eigenvalue weighted by atomic mass is 79.9. The Bertz CT molecular complexity index is 1250. The number of aromatic nitrogens is 4. The molecule has 0 saturated heterocycles. The van der Waals surface area contributed by atoms with Gasteiger partial charge in [0.25, 0.3) is 0 Å². The van der Waals surface area contributed by atoms with E-state index in [0.717, 1.165) is 0 Å². The topological polar surface area (TPSA) is 72.6 Å². The largest absolute Gasteiger partial charge is 0.443 e. The average Bonchev–Trinajstić information content (AvgIpc) is 3.09. The minimum atomic E-state index is -0.729. The Kier molecular flexibility index (Phi) is 5.45. The number of hydrogen-bond acceptors (Lipinski definition) is 5. The minimum absolute atomic E-state index is 0.304. The standard InChI is InChI=1S/C22H19BrFN5O2/c1-22(2,3)31-21(30)28(14-8-10-25-11-9-14)19-12-18(15-6-4-5-7-17(15)24)27-20-16(23)13-26-29(19)20/h4-13H,1-3H3. The molecule has 4 aromatic rings. The van der Waals surface area contributed by atoms with Crippen LogP contribution in [0.5, 0.6) is 0 Å². The van der Waals surface area contributed by atoms with Gasteiger partial charge >= 0.3 is 6.09 Å². The summed E-state index contributed by atoms with van der Waals surface area (Å²) in [7, 11) is 0. The van der Waals surface area contributed by atoms with Gasteiger partial charge in [0, 0.05) is 24.0 Å². The predicted molar refractivity (Wildman–Crippen MR) is 119 cm³/mol. The second kappa shape index (κ2) is 8.07. The molecule has 0 aliphatic carbocycles. The van der Waals surface area contributed by atoms with Crippen LogP contribution in [0.1, 0.15) is 20.8 Å². The van der Waals surface area contributed by atoms with Crippen molar-refractivity contribution in [2.75, 3.05) is 4.90 Å². The van der Waals surface area contributed by atoms with Crippen molar-refractivity contribution in [3.8, 4) is 11.3 Å². The molecule has 0 aliphatic rings. The molecule has 158 valence electrons. The third-order valence-electron chi connectivity index (χ3n) is 4.29. The van der Waals surface area contributed by atoms with E-state index in [-0.39, 0.29) is 0 Å². The summed E-state index contributed by atoms with van der Waals surface area (Å²) in [6, 6.07) is 11.3. The van der Waals surface area contributed by atoms with Crippen molar-refractivity contribution in [3.05, 3.63) is 71.3 Å². The number of halogens is 2. The van der Waals surface area contributed by atoms with Crippen molar-refractivity contribution < 1.29 is 13.9 Å². The fourth-order valence-corrected chi connectivity index (χ4v) is 3.37. The molecule has 9 heteroatoms. The maximum Gasteiger partial charge on any atom is 0.420 e.